The molecule has 158 valence electrons. The zero-order valence-corrected chi connectivity index (χ0v) is 18.2. The number of rotatable bonds is 5. The number of fused-ring (bicyclic) bond motifs is 1. The Morgan fingerprint density at radius 3 is 2.58 bits per heavy atom. The normalized spacial score (nSPS) is 14.1. The van der Waals surface area contributed by atoms with Gasteiger partial charge in [-0.2, -0.15) is 0 Å². The summed E-state index contributed by atoms with van der Waals surface area (Å²) in [7, 11) is -3.86. The van der Waals surface area contributed by atoms with Crippen LogP contribution in [0.3, 0.4) is 0 Å². The number of hydrogen-bond donors (Lipinski definition) is 0. The summed E-state index contributed by atoms with van der Waals surface area (Å²) in [5.74, 6) is -0.362. The molecule has 0 bridgehead atoms. The van der Waals surface area contributed by atoms with E-state index < -0.39 is 10.0 Å². The minimum atomic E-state index is -3.86. The molecule has 0 fully saturated rings. The summed E-state index contributed by atoms with van der Waals surface area (Å²) in [5.41, 5.74) is 3.90. The Bertz CT molecular complexity index is 1360. The third-order valence-electron chi connectivity index (χ3n) is 5.53. The first-order valence-electron chi connectivity index (χ1n) is 10.1. The first-order chi connectivity index (χ1) is 14.9. The van der Waals surface area contributed by atoms with Gasteiger partial charge in [0.15, 0.2) is 5.69 Å². The third-order valence-corrected chi connectivity index (χ3v) is 7.21. The maximum absolute atomic E-state index is 13.5. The molecule has 4 rings (SSSR count). The fourth-order valence-corrected chi connectivity index (χ4v) is 5.37. The van der Waals surface area contributed by atoms with Crippen LogP contribution in [0.2, 0.25) is 0 Å². The van der Waals surface area contributed by atoms with Gasteiger partial charge in [0.25, 0.3) is 10.0 Å². The number of carbonyl (C=O) groups excluding carboxylic acids is 1. The lowest BCUT2D eigenvalue weighted by molar-refractivity contribution is -0.138. The Morgan fingerprint density at radius 2 is 1.90 bits per heavy atom. The van der Waals surface area contributed by atoms with Crippen LogP contribution in [-0.2, 0) is 19.6 Å². The second-order valence-electron chi connectivity index (χ2n) is 7.50. The van der Waals surface area contributed by atoms with Crippen molar-refractivity contribution in [2.24, 2.45) is 0 Å². The molecule has 0 unspecified atom stereocenters. The minimum absolute atomic E-state index is 0.182. The number of benzene rings is 2. The van der Waals surface area contributed by atoms with Crippen molar-refractivity contribution in [3.63, 3.8) is 0 Å². The molecule has 7 heteroatoms. The fraction of sp³-hybridized carbons (Fsp3) is 0.250. The molecule has 0 amide bonds. The van der Waals surface area contributed by atoms with Crippen molar-refractivity contribution in [2.45, 2.75) is 38.0 Å². The molecule has 0 N–H and O–H groups in total. The average molecular weight is 435 g/mol. The second-order valence-corrected chi connectivity index (χ2v) is 9.32. The number of aromatic nitrogens is 1. The highest BCUT2D eigenvalue weighted by Gasteiger charge is 2.28. The summed E-state index contributed by atoms with van der Waals surface area (Å²) in [5, 5.41) is 0.642. The number of ether oxygens (including phenoxy) is 1. The van der Waals surface area contributed by atoms with Crippen LogP contribution in [0.5, 0.6) is 0 Å². The van der Waals surface area contributed by atoms with Gasteiger partial charge in [-0.05, 0) is 68.3 Å². The van der Waals surface area contributed by atoms with Gasteiger partial charge < -0.3 is 4.74 Å². The molecule has 1 aromatic heterocycles. The summed E-state index contributed by atoms with van der Waals surface area (Å²) in [6, 6.07) is 11.6. The van der Waals surface area contributed by atoms with E-state index in [4.69, 9.17) is 11.3 Å². The monoisotopic (exact) mass is 434 g/mol. The van der Waals surface area contributed by atoms with E-state index in [2.05, 4.69) is 4.85 Å². The second kappa shape index (κ2) is 8.05. The van der Waals surface area contributed by atoms with Crippen molar-refractivity contribution in [1.82, 2.24) is 3.97 Å². The van der Waals surface area contributed by atoms with Crippen molar-refractivity contribution in [2.75, 3.05) is 6.61 Å². The Morgan fingerprint density at radius 1 is 1.16 bits per heavy atom. The van der Waals surface area contributed by atoms with Gasteiger partial charge in [0.1, 0.15) is 0 Å². The van der Waals surface area contributed by atoms with E-state index in [0.717, 1.165) is 17.6 Å². The summed E-state index contributed by atoms with van der Waals surface area (Å²) < 4.78 is 33.4. The van der Waals surface area contributed by atoms with E-state index in [9.17, 15) is 13.2 Å². The fourth-order valence-electron chi connectivity index (χ4n) is 4.01. The summed E-state index contributed by atoms with van der Waals surface area (Å²) in [6.07, 6.45) is 3.62. The Hall–Kier alpha value is -3.37. The number of hydrogen-bond acceptors (Lipinski definition) is 4. The van der Waals surface area contributed by atoms with E-state index in [0.29, 0.717) is 40.6 Å². The standard InChI is InChI=1S/C24H22N2O4S/c1-4-30-24(27)20-7-5-6-19(20)22-15-26(23-13-10-17(25-3)14-21(22)23)31(28,29)18-11-8-16(2)9-12-18/h8-15H,4-7H2,1-2H3. The summed E-state index contributed by atoms with van der Waals surface area (Å²) >= 11 is 0. The molecule has 1 heterocycles. The van der Waals surface area contributed by atoms with Gasteiger partial charge in [-0.3, -0.25) is 0 Å². The van der Waals surface area contributed by atoms with Crippen LogP contribution >= 0.6 is 0 Å². The van der Waals surface area contributed by atoms with Gasteiger partial charge in [-0.1, -0.05) is 23.8 Å². The van der Waals surface area contributed by atoms with E-state index in [1.54, 1.807) is 55.6 Å². The van der Waals surface area contributed by atoms with E-state index in [1.807, 2.05) is 6.92 Å². The minimum Gasteiger partial charge on any atom is -0.463 e. The van der Waals surface area contributed by atoms with Gasteiger partial charge in [0, 0.05) is 17.3 Å². The highest BCUT2D eigenvalue weighted by atomic mass is 32.2. The van der Waals surface area contributed by atoms with Crippen molar-refractivity contribution < 1.29 is 17.9 Å². The largest absolute Gasteiger partial charge is 0.463 e. The first-order valence-corrected chi connectivity index (χ1v) is 11.5. The molecule has 1 aliphatic rings. The van der Waals surface area contributed by atoms with Crippen LogP contribution in [0.4, 0.5) is 5.69 Å². The molecule has 0 spiro atoms. The van der Waals surface area contributed by atoms with Gasteiger partial charge in [0.2, 0.25) is 0 Å². The molecular weight excluding hydrogens is 412 g/mol. The number of esters is 1. The van der Waals surface area contributed by atoms with Crippen LogP contribution in [0.25, 0.3) is 21.3 Å². The van der Waals surface area contributed by atoms with Gasteiger partial charge in [0.05, 0.1) is 23.6 Å². The summed E-state index contributed by atoms with van der Waals surface area (Å²) in [4.78, 5) is 16.2. The smallest absolute Gasteiger partial charge is 0.334 e. The van der Waals surface area contributed by atoms with E-state index in [1.165, 1.54) is 3.97 Å². The van der Waals surface area contributed by atoms with Crippen LogP contribution in [-0.4, -0.2) is 25.0 Å². The molecule has 0 atom stereocenters. The van der Waals surface area contributed by atoms with Gasteiger partial charge >= 0.3 is 5.97 Å². The molecule has 31 heavy (non-hydrogen) atoms. The third kappa shape index (κ3) is 3.64. The molecule has 6 nitrogen and oxygen atoms in total. The number of carbonyl (C=O) groups is 1. The Labute approximate surface area is 181 Å². The molecule has 0 saturated carbocycles. The molecule has 1 aliphatic carbocycles. The van der Waals surface area contributed by atoms with Gasteiger partial charge in [-0.25, -0.2) is 22.0 Å². The number of allylic oxidation sites excluding steroid dienone is 1. The zero-order chi connectivity index (χ0) is 22.2. The van der Waals surface area contributed by atoms with Crippen LogP contribution < -0.4 is 0 Å². The maximum atomic E-state index is 13.5. The topological polar surface area (TPSA) is 69.7 Å². The van der Waals surface area contributed by atoms with Crippen molar-refractivity contribution in [3.05, 3.63) is 76.8 Å². The lowest BCUT2D eigenvalue weighted by Crippen LogP contribution is -2.11. The summed E-state index contributed by atoms with van der Waals surface area (Å²) in [6.45, 7) is 11.3. The Kier molecular flexibility index (Phi) is 5.42. The zero-order valence-electron chi connectivity index (χ0n) is 17.4. The molecule has 3 aromatic rings. The quantitative estimate of drug-likeness (QED) is 0.407. The average Bonchev–Trinajstić information content (AvgIpc) is 3.38. The van der Waals surface area contributed by atoms with Crippen LogP contribution in [0.1, 0.15) is 37.3 Å². The molecule has 2 aromatic carbocycles. The van der Waals surface area contributed by atoms with Crippen LogP contribution in [0, 0.1) is 13.5 Å². The predicted octanol–water partition coefficient (Wildman–Crippen LogP) is 5.24. The van der Waals surface area contributed by atoms with E-state index in [-0.39, 0.29) is 17.5 Å². The maximum Gasteiger partial charge on any atom is 0.334 e. The van der Waals surface area contributed by atoms with Crippen molar-refractivity contribution >= 4 is 38.2 Å². The van der Waals surface area contributed by atoms with Crippen LogP contribution in [0.15, 0.2) is 59.1 Å². The first kappa shape index (κ1) is 20.9. The highest BCUT2D eigenvalue weighted by Crippen LogP contribution is 2.40. The lowest BCUT2D eigenvalue weighted by atomic mass is 10.0. The molecule has 0 radical (unpaired) electrons. The number of aryl methyl sites for hydroxylation is 1. The molecule has 0 aliphatic heterocycles. The lowest BCUT2D eigenvalue weighted by Gasteiger charge is -2.08. The number of nitrogens with zero attached hydrogens (tertiary/aromatic N) is 2. The highest BCUT2D eigenvalue weighted by molar-refractivity contribution is 7.90. The van der Waals surface area contributed by atoms with E-state index >= 15 is 0 Å². The predicted molar refractivity (Wildman–Crippen MR) is 119 cm³/mol. The van der Waals surface area contributed by atoms with Gasteiger partial charge in [-0.15, -0.1) is 0 Å². The van der Waals surface area contributed by atoms with Crippen molar-refractivity contribution in [1.29, 1.82) is 0 Å². The van der Waals surface area contributed by atoms with Crippen molar-refractivity contribution in [3.8, 4) is 0 Å². The molecular formula is C24H22N2O4S. The Balaban J connectivity index is 1.98. The molecule has 0 saturated heterocycles. The SMILES string of the molecule is [C-]#[N+]c1ccc2c(c1)c(C1=C(C(=O)OCC)CCC1)cn2S(=O)(=O)c1ccc(C)cc1.